The second-order valence-electron chi connectivity index (χ2n) is 4.95. The van der Waals surface area contributed by atoms with Gasteiger partial charge in [0.25, 0.3) is 0 Å². The maximum atomic E-state index is 11.0. The Morgan fingerprint density at radius 3 is 1.52 bits per heavy atom. The van der Waals surface area contributed by atoms with Gasteiger partial charge >= 0.3 is 0 Å². The van der Waals surface area contributed by atoms with Crippen molar-refractivity contribution >= 4 is 12.6 Å². The van der Waals surface area contributed by atoms with Crippen LogP contribution in [0.25, 0.3) is 0 Å². The van der Waals surface area contributed by atoms with Crippen molar-refractivity contribution in [3.05, 3.63) is 72.8 Å². The van der Waals surface area contributed by atoms with Crippen molar-refractivity contribution in [3.8, 4) is 23.0 Å². The molecule has 0 atom stereocenters. The zero-order valence-electron chi connectivity index (χ0n) is 13.6. The Morgan fingerprint density at radius 1 is 0.720 bits per heavy atom. The largest absolute Gasteiger partial charge is 0.486 e. The Balaban J connectivity index is 2.37. The lowest BCUT2D eigenvalue weighted by atomic mass is 10.2. The number of rotatable bonds is 10. The predicted octanol–water partition coefficient (Wildman–Crippen LogP) is 4.23. The van der Waals surface area contributed by atoms with Gasteiger partial charge in [-0.05, 0) is 36.4 Å². The highest BCUT2D eigenvalue weighted by Gasteiger charge is 2.12. The first kappa shape index (κ1) is 18.0. The van der Waals surface area contributed by atoms with Crippen molar-refractivity contribution in [3.63, 3.8) is 0 Å². The molecule has 0 saturated heterocycles. The first-order chi connectivity index (χ1) is 12.2. The van der Waals surface area contributed by atoms with Crippen molar-refractivity contribution in [2.24, 2.45) is 0 Å². The van der Waals surface area contributed by atoms with Crippen LogP contribution in [0.3, 0.4) is 0 Å². The number of aldehydes is 2. The van der Waals surface area contributed by atoms with E-state index in [4.69, 9.17) is 14.2 Å². The fourth-order valence-electron chi connectivity index (χ4n) is 2.01. The Bertz CT molecular complexity index is 714. The molecule has 128 valence electrons. The first-order valence-corrected chi connectivity index (χ1v) is 7.55. The van der Waals surface area contributed by atoms with Gasteiger partial charge in [-0.3, -0.25) is 9.59 Å². The van der Waals surface area contributed by atoms with Gasteiger partial charge in [-0.1, -0.05) is 25.3 Å². The van der Waals surface area contributed by atoms with Crippen LogP contribution in [0.4, 0.5) is 0 Å². The predicted molar refractivity (Wildman–Crippen MR) is 95.1 cm³/mol. The van der Waals surface area contributed by atoms with Crippen molar-refractivity contribution in [2.75, 3.05) is 13.2 Å². The molecule has 5 nitrogen and oxygen atoms in total. The first-order valence-electron chi connectivity index (χ1n) is 7.55. The Labute approximate surface area is 146 Å². The van der Waals surface area contributed by atoms with Crippen LogP contribution in [0.5, 0.6) is 23.0 Å². The van der Waals surface area contributed by atoms with Crippen LogP contribution in [-0.4, -0.2) is 25.8 Å². The molecule has 0 N–H and O–H groups in total. The fourth-order valence-corrected chi connectivity index (χ4v) is 2.01. The van der Waals surface area contributed by atoms with Crippen LogP contribution in [0.2, 0.25) is 0 Å². The minimum Gasteiger partial charge on any atom is -0.486 e. The second kappa shape index (κ2) is 9.08. The number of ether oxygens (including phenoxy) is 3. The molecule has 0 aliphatic rings. The minimum atomic E-state index is 0.266. The Kier molecular flexibility index (Phi) is 6.54. The highest BCUT2D eigenvalue weighted by Crippen LogP contribution is 2.37. The molecular formula is C20H18O5. The summed E-state index contributed by atoms with van der Waals surface area (Å²) in [7, 11) is 0. The summed E-state index contributed by atoms with van der Waals surface area (Å²) in [5.41, 5.74) is 0.927. The molecule has 0 aromatic heterocycles. The van der Waals surface area contributed by atoms with Gasteiger partial charge in [0.1, 0.15) is 25.8 Å². The standard InChI is InChI=1S/C20H18O5/c1-3-9-23-19-11-15(13-21)5-7-17(19)25-18-8-6-16(14-22)12-20(18)24-10-4-2/h3-8,11-14H,1-2,9-10H2. The molecule has 0 radical (unpaired) electrons. The second-order valence-corrected chi connectivity index (χ2v) is 4.95. The smallest absolute Gasteiger partial charge is 0.169 e. The zero-order valence-corrected chi connectivity index (χ0v) is 13.6. The molecule has 0 saturated carbocycles. The molecular weight excluding hydrogens is 320 g/mol. The van der Waals surface area contributed by atoms with E-state index in [2.05, 4.69) is 13.2 Å². The quantitative estimate of drug-likeness (QED) is 0.479. The number of carbonyl (C=O) groups is 2. The Morgan fingerprint density at radius 2 is 1.16 bits per heavy atom. The van der Waals surface area contributed by atoms with Crippen LogP contribution in [0.15, 0.2) is 61.7 Å². The average Bonchev–Trinajstić information content (AvgIpc) is 2.66. The lowest BCUT2D eigenvalue weighted by Crippen LogP contribution is -2.00. The molecule has 2 aromatic carbocycles. The van der Waals surface area contributed by atoms with E-state index in [0.29, 0.717) is 34.1 Å². The van der Waals surface area contributed by atoms with E-state index in [0.717, 1.165) is 12.6 Å². The molecule has 0 heterocycles. The van der Waals surface area contributed by atoms with Gasteiger partial charge < -0.3 is 14.2 Å². The van der Waals surface area contributed by atoms with E-state index in [9.17, 15) is 9.59 Å². The lowest BCUT2D eigenvalue weighted by Gasteiger charge is -2.15. The molecule has 2 rings (SSSR count). The Hall–Kier alpha value is -3.34. The topological polar surface area (TPSA) is 61.8 Å². The van der Waals surface area contributed by atoms with E-state index in [1.165, 1.54) is 0 Å². The van der Waals surface area contributed by atoms with Gasteiger partial charge in [0.15, 0.2) is 23.0 Å². The molecule has 2 aromatic rings. The molecule has 0 fully saturated rings. The number of benzene rings is 2. The van der Waals surface area contributed by atoms with Gasteiger partial charge in [-0.2, -0.15) is 0 Å². The van der Waals surface area contributed by atoms with E-state index < -0.39 is 0 Å². The zero-order chi connectivity index (χ0) is 18.1. The average molecular weight is 338 g/mol. The highest BCUT2D eigenvalue weighted by molar-refractivity contribution is 5.77. The van der Waals surface area contributed by atoms with Crippen LogP contribution in [-0.2, 0) is 0 Å². The third-order valence-electron chi connectivity index (χ3n) is 3.14. The van der Waals surface area contributed by atoms with Crippen LogP contribution in [0.1, 0.15) is 20.7 Å². The molecule has 0 amide bonds. The highest BCUT2D eigenvalue weighted by atomic mass is 16.5. The number of hydrogen-bond donors (Lipinski definition) is 0. The molecule has 25 heavy (non-hydrogen) atoms. The van der Waals surface area contributed by atoms with Crippen LogP contribution in [0, 0.1) is 0 Å². The molecule has 0 bridgehead atoms. The number of hydrogen-bond acceptors (Lipinski definition) is 5. The third-order valence-corrected chi connectivity index (χ3v) is 3.14. The van der Waals surface area contributed by atoms with Crippen molar-refractivity contribution in [2.45, 2.75) is 0 Å². The van der Waals surface area contributed by atoms with Gasteiger partial charge in [0.05, 0.1) is 0 Å². The van der Waals surface area contributed by atoms with E-state index >= 15 is 0 Å². The fraction of sp³-hybridized carbons (Fsp3) is 0.100. The van der Waals surface area contributed by atoms with Crippen LogP contribution >= 0.6 is 0 Å². The van der Waals surface area contributed by atoms with E-state index in [1.807, 2.05) is 0 Å². The SMILES string of the molecule is C=CCOc1cc(C=O)ccc1Oc1ccc(C=O)cc1OCC=C. The van der Waals surface area contributed by atoms with Gasteiger partial charge in [0, 0.05) is 11.1 Å². The summed E-state index contributed by atoms with van der Waals surface area (Å²) < 4.78 is 17.0. The maximum Gasteiger partial charge on any atom is 0.169 e. The summed E-state index contributed by atoms with van der Waals surface area (Å²) in [6, 6.07) is 9.66. The molecule has 0 unspecified atom stereocenters. The van der Waals surface area contributed by atoms with Crippen molar-refractivity contribution in [1.29, 1.82) is 0 Å². The van der Waals surface area contributed by atoms with E-state index in [1.54, 1.807) is 48.6 Å². The summed E-state index contributed by atoms with van der Waals surface area (Å²) in [5.74, 6) is 1.63. The van der Waals surface area contributed by atoms with Crippen molar-refractivity contribution < 1.29 is 23.8 Å². The summed E-state index contributed by atoms with van der Waals surface area (Å²) in [6.07, 6.45) is 4.63. The minimum absolute atomic E-state index is 0.266. The maximum absolute atomic E-state index is 11.0. The third kappa shape index (κ3) is 4.81. The molecule has 0 aliphatic carbocycles. The van der Waals surface area contributed by atoms with Crippen molar-refractivity contribution in [1.82, 2.24) is 0 Å². The van der Waals surface area contributed by atoms with Crippen LogP contribution < -0.4 is 14.2 Å². The molecule has 0 aliphatic heterocycles. The molecule has 0 spiro atoms. The normalized spacial score (nSPS) is 9.76. The van der Waals surface area contributed by atoms with Gasteiger partial charge in [-0.25, -0.2) is 0 Å². The van der Waals surface area contributed by atoms with Gasteiger partial charge in [0.2, 0.25) is 0 Å². The summed E-state index contributed by atoms with van der Waals surface area (Å²) in [5, 5.41) is 0. The monoisotopic (exact) mass is 338 g/mol. The number of carbonyl (C=O) groups excluding carboxylic acids is 2. The summed E-state index contributed by atoms with van der Waals surface area (Å²) in [4.78, 5) is 21.9. The summed E-state index contributed by atoms with van der Waals surface area (Å²) >= 11 is 0. The van der Waals surface area contributed by atoms with Gasteiger partial charge in [-0.15, -0.1) is 0 Å². The molecule has 5 heteroatoms. The summed E-state index contributed by atoms with van der Waals surface area (Å²) in [6.45, 7) is 7.74. The lowest BCUT2D eigenvalue weighted by molar-refractivity contribution is 0.111. The van der Waals surface area contributed by atoms with E-state index in [-0.39, 0.29) is 13.2 Å².